The van der Waals surface area contributed by atoms with Crippen LogP contribution in [0.4, 0.5) is 4.39 Å². The number of rotatable bonds is 4. The number of carbonyl (C=O) groups excluding carboxylic acids is 1. The molecule has 0 amide bonds. The van der Waals surface area contributed by atoms with Crippen molar-refractivity contribution in [1.29, 1.82) is 0 Å². The van der Waals surface area contributed by atoms with Gasteiger partial charge in [-0.05, 0) is 24.1 Å². The molecule has 0 aromatic heterocycles. The van der Waals surface area contributed by atoms with E-state index in [4.69, 9.17) is 0 Å². The molecule has 18 heavy (non-hydrogen) atoms. The van der Waals surface area contributed by atoms with Gasteiger partial charge in [0, 0.05) is 12.8 Å². The van der Waals surface area contributed by atoms with E-state index in [-0.39, 0.29) is 18.0 Å². The Kier molecular flexibility index (Phi) is 3.88. The van der Waals surface area contributed by atoms with Gasteiger partial charge in [-0.15, -0.1) is 0 Å². The van der Waals surface area contributed by atoms with E-state index in [1.165, 1.54) is 6.07 Å². The van der Waals surface area contributed by atoms with Gasteiger partial charge in [0.05, 0.1) is 0 Å². The van der Waals surface area contributed by atoms with Gasteiger partial charge in [-0.1, -0.05) is 48.0 Å². The molecule has 0 unspecified atom stereocenters. The third kappa shape index (κ3) is 3.27. The van der Waals surface area contributed by atoms with Gasteiger partial charge in [-0.2, -0.15) is 0 Å². The monoisotopic (exact) mass is 242 g/mol. The third-order valence-corrected chi connectivity index (χ3v) is 2.83. The lowest BCUT2D eigenvalue weighted by Gasteiger charge is -2.04. The molecular formula is C16H15FO. The summed E-state index contributed by atoms with van der Waals surface area (Å²) in [6.45, 7) is 1.99. The average Bonchev–Trinajstić information content (AvgIpc) is 2.32. The number of benzene rings is 2. The van der Waals surface area contributed by atoms with E-state index in [2.05, 4.69) is 0 Å². The fourth-order valence-corrected chi connectivity index (χ4v) is 1.97. The summed E-state index contributed by atoms with van der Waals surface area (Å²) < 4.78 is 13.4. The summed E-state index contributed by atoms with van der Waals surface area (Å²) >= 11 is 0. The molecule has 0 heterocycles. The molecule has 2 heteroatoms. The fourth-order valence-electron chi connectivity index (χ4n) is 1.97. The summed E-state index contributed by atoms with van der Waals surface area (Å²) in [4.78, 5) is 11.9. The van der Waals surface area contributed by atoms with Crippen LogP contribution in [0.1, 0.15) is 16.7 Å². The highest BCUT2D eigenvalue weighted by Gasteiger charge is 2.08. The van der Waals surface area contributed by atoms with Crippen molar-refractivity contribution in [2.75, 3.05) is 0 Å². The second kappa shape index (κ2) is 5.58. The van der Waals surface area contributed by atoms with E-state index >= 15 is 0 Å². The third-order valence-electron chi connectivity index (χ3n) is 2.83. The van der Waals surface area contributed by atoms with E-state index in [1.807, 2.05) is 31.2 Å². The van der Waals surface area contributed by atoms with Gasteiger partial charge < -0.3 is 0 Å². The molecule has 0 aliphatic carbocycles. The van der Waals surface area contributed by atoms with Crippen molar-refractivity contribution in [2.24, 2.45) is 0 Å². The summed E-state index contributed by atoms with van der Waals surface area (Å²) in [5, 5.41) is 0. The van der Waals surface area contributed by atoms with Crippen LogP contribution < -0.4 is 0 Å². The normalized spacial score (nSPS) is 10.3. The van der Waals surface area contributed by atoms with E-state index in [1.54, 1.807) is 18.2 Å². The summed E-state index contributed by atoms with van der Waals surface area (Å²) in [6, 6.07) is 14.2. The Morgan fingerprint density at radius 1 is 1.06 bits per heavy atom. The maximum atomic E-state index is 13.4. The van der Waals surface area contributed by atoms with E-state index in [9.17, 15) is 9.18 Å². The Balaban J connectivity index is 2.03. The molecule has 0 N–H and O–H groups in total. The largest absolute Gasteiger partial charge is 0.299 e. The molecule has 0 spiro atoms. The number of Topliss-reactive ketones (excluding diaryl/α,β-unsaturated/α-hetero) is 1. The minimum Gasteiger partial charge on any atom is -0.299 e. The first-order chi connectivity index (χ1) is 8.65. The Hall–Kier alpha value is -1.96. The van der Waals surface area contributed by atoms with Crippen LogP contribution in [0.2, 0.25) is 0 Å². The van der Waals surface area contributed by atoms with Crippen LogP contribution in [0.15, 0.2) is 48.5 Å². The number of halogens is 1. The summed E-state index contributed by atoms with van der Waals surface area (Å²) in [6.07, 6.45) is 0.511. The van der Waals surface area contributed by atoms with Crippen LogP contribution in [0, 0.1) is 12.7 Å². The molecule has 1 nitrogen and oxygen atoms in total. The van der Waals surface area contributed by atoms with Gasteiger partial charge in [0.2, 0.25) is 0 Å². The lowest BCUT2D eigenvalue weighted by Crippen LogP contribution is -2.07. The van der Waals surface area contributed by atoms with Crippen LogP contribution in [0.25, 0.3) is 0 Å². The Bertz CT molecular complexity index is 561. The first-order valence-electron chi connectivity index (χ1n) is 5.96. The maximum absolute atomic E-state index is 13.4. The van der Waals surface area contributed by atoms with E-state index in [0.717, 1.165) is 11.1 Å². The van der Waals surface area contributed by atoms with Crippen molar-refractivity contribution >= 4 is 5.78 Å². The van der Waals surface area contributed by atoms with Crippen LogP contribution in [-0.2, 0) is 17.6 Å². The van der Waals surface area contributed by atoms with Crippen LogP contribution in [0.5, 0.6) is 0 Å². The number of hydrogen-bond acceptors (Lipinski definition) is 1. The standard InChI is InChI=1S/C16H15FO/c1-12-5-4-6-13(9-12)10-15(18)11-14-7-2-3-8-16(14)17/h2-9H,10-11H2,1H3. The van der Waals surface area contributed by atoms with Gasteiger partial charge >= 0.3 is 0 Å². The topological polar surface area (TPSA) is 17.1 Å². The number of hydrogen-bond donors (Lipinski definition) is 0. The second-order valence-electron chi connectivity index (χ2n) is 4.47. The summed E-state index contributed by atoms with van der Waals surface area (Å²) in [5.41, 5.74) is 2.58. The molecule has 0 aliphatic rings. The Morgan fingerprint density at radius 2 is 1.83 bits per heavy atom. The smallest absolute Gasteiger partial charge is 0.141 e. The lowest BCUT2D eigenvalue weighted by atomic mass is 10.0. The highest BCUT2D eigenvalue weighted by atomic mass is 19.1. The van der Waals surface area contributed by atoms with E-state index in [0.29, 0.717) is 12.0 Å². The predicted molar refractivity (Wildman–Crippen MR) is 70.0 cm³/mol. The molecule has 0 fully saturated rings. The highest BCUT2D eigenvalue weighted by Crippen LogP contribution is 2.10. The predicted octanol–water partition coefficient (Wildman–Crippen LogP) is 3.49. The first-order valence-corrected chi connectivity index (χ1v) is 5.96. The Labute approximate surface area is 106 Å². The van der Waals surface area contributed by atoms with Crippen LogP contribution >= 0.6 is 0 Å². The molecule has 92 valence electrons. The van der Waals surface area contributed by atoms with Crippen molar-refractivity contribution in [2.45, 2.75) is 19.8 Å². The van der Waals surface area contributed by atoms with Gasteiger partial charge in [0.1, 0.15) is 11.6 Å². The zero-order valence-corrected chi connectivity index (χ0v) is 10.3. The first kappa shape index (κ1) is 12.5. The molecule has 2 aromatic rings. The van der Waals surface area contributed by atoms with Gasteiger partial charge in [-0.3, -0.25) is 4.79 Å². The van der Waals surface area contributed by atoms with Gasteiger partial charge in [0.15, 0.2) is 0 Å². The molecule has 0 atom stereocenters. The fraction of sp³-hybridized carbons (Fsp3) is 0.188. The highest BCUT2D eigenvalue weighted by molar-refractivity contribution is 5.83. The molecular weight excluding hydrogens is 227 g/mol. The lowest BCUT2D eigenvalue weighted by molar-refractivity contribution is -0.117. The maximum Gasteiger partial charge on any atom is 0.141 e. The molecule has 0 saturated heterocycles. The van der Waals surface area contributed by atoms with Crippen molar-refractivity contribution in [3.63, 3.8) is 0 Å². The molecule has 0 aliphatic heterocycles. The average molecular weight is 242 g/mol. The quantitative estimate of drug-likeness (QED) is 0.802. The SMILES string of the molecule is Cc1cccc(CC(=O)Cc2ccccc2F)c1. The van der Waals surface area contributed by atoms with Gasteiger partial charge in [0.25, 0.3) is 0 Å². The number of carbonyl (C=O) groups is 1. The molecule has 0 bridgehead atoms. The molecule has 0 radical (unpaired) electrons. The summed E-state index contributed by atoms with van der Waals surface area (Å²) in [5.74, 6) is -0.277. The van der Waals surface area contributed by atoms with Gasteiger partial charge in [-0.25, -0.2) is 4.39 Å². The molecule has 2 rings (SSSR count). The Morgan fingerprint density at radius 3 is 2.56 bits per heavy atom. The summed E-state index contributed by atoms with van der Waals surface area (Å²) in [7, 11) is 0. The minimum atomic E-state index is -0.310. The van der Waals surface area contributed by atoms with Crippen LogP contribution in [0.3, 0.4) is 0 Å². The van der Waals surface area contributed by atoms with Crippen LogP contribution in [-0.4, -0.2) is 5.78 Å². The number of ketones is 1. The zero-order chi connectivity index (χ0) is 13.0. The number of aryl methyl sites for hydroxylation is 1. The zero-order valence-electron chi connectivity index (χ0n) is 10.3. The van der Waals surface area contributed by atoms with Crippen molar-refractivity contribution in [3.8, 4) is 0 Å². The van der Waals surface area contributed by atoms with E-state index < -0.39 is 0 Å². The van der Waals surface area contributed by atoms with Crippen molar-refractivity contribution < 1.29 is 9.18 Å². The molecule has 0 saturated carbocycles. The minimum absolute atomic E-state index is 0.0331. The second-order valence-corrected chi connectivity index (χ2v) is 4.47. The van der Waals surface area contributed by atoms with Crippen molar-refractivity contribution in [3.05, 3.63) is 71.0 Å². The van der Waals surface area contributed by atoms with Crippen molar-refractivity contribution in [1.82, 2.24) is 0 Å². The molecule has 2 aromatic carbocycles.